The minimum atomic E-state index is -0.939. The number of aliphatic carboxylic acids is 1. The molecule has 0 aromatic heterocycles. The van der Waals surface area contributed by atoms with Crippen LogP contribution < -0.4 is 10.6 Å². The molecule has 174 valence electrons. The Hall–Kier alpha value is -3.35. The number of amides is 2. The third-order valence-electron chi connectivity index (χ3n) is 6.78. The van der Waals surface area contributed by atoms with Crippen molar-refractivity contribution >= 4 is 18.0 Å². The van der Waals surface area contributed by atoms with Gasteiger partial charge >= 0.3 is 12.1 Å². The highest BCUT2D eigenvalue weighted by Crippen LogP contribution is 2.44. The maximum Gasteiger partial charge on any atom is 0.407 e. The molecular weight excluding hydrogens is 420 g/mol. The van der Waals surface area contributed by atoms with Gasteiger partial charge in [0.25, 0.3) is 0 Å². The van der Waals surface area contributed by atoms with Crippen molar-refractivity contribution in [3.63, 3.8) is 0 Å². The first-order chi connectivity index (χ1) is 15.9. The molecule has 2 amide bonds. The number of benzene rings is 2. The molecule has 7 heteroatoms. The van der Waals surface area contributed by atoms with E-state index in [1.54, 1.807) is 6.92 Å². The second kappa shape index (κ2) is 10.1. The Balaban J connectivity index is 1.30. The second-order valence-corrected chi connectivity index (χ2v) is 9.01. The Kier molecular flexibility index (Phi) is 6.96. The third-order valence-corrected chi connectivity index (χ3v) is 6.78. The molecule has 2 aliphatic carbocycles. The fourth-order valence-electron chi connectivity index (χ4n) is 4.93. The Bertz CT molecular complexity index is 991. The van der Waals surface area contributed by atoms with Gasteiger partial charge < -0.3 is 20.5 Å². The zero-order chi connectivity index (χ0) is 23.4. The molecule has 0 heterocycles. The molecule has 0 radical (unpaired) electrons. The summed E-state index contributed by atoms with van der Waals surface area (Å²) in [5.74, 6) is -1.73. The average Bonchev–Trinajstić information content (AvgIpc) is 3.37. The minimum absolute atomic E-state index is 0.00419. The fourth-order valence-corrected chi connectivity index (χ4v) is 4.93. The maximum absolute atomic E-state index is 12.6. The van der Waals surface area contributed by atoms with Gasteiger partial charge in [0.15, 0.2) is 0 Å². The summed E-state index contributed by atoms with van der Waals surface area (Å²) in [7, 11) is 0. The summed E-state index contributed by atoms with van der Waals surface area (Å²) < 4.78 is 5.64. The number of ether oxygens (including phenoxy) is 1. The number of alkyl carbamates (subject to hydrolysis) is 1. The van der Waals surface area contributed by atoms with Crippen molar-refractivity contribution < 1.29 is 24.2 Å². The van der Waals surface area contributed by atoms with E-state index in [9.17, 15) is 14.4 Å². The molecule has 0 spiro atoms. The van der Waals surface area contributed by atoms with Gasteiger partial charge in [-0.15, -0.1) is 0 Å². The summed E-state index contributed by atoms with van der Waals surface area (Å²) in [5.41, 5.74) is 4.69. The van der Waals surface area contributed by atoms with Crippen molar-refractivity contribution in [3.05, 3.63) is 59.7 Å². The van der Waals surface area contributed by atoms with Crippen molar-refractivity contribution in [1.29, 1.82) is 0 Å². The summed E-state index contributed by atoms with van der Waals surface area (Å²) in [6.45, 7) is 1.91. The molecule has 2 aliphatic rings. The molecule has 1 saturated carbocycles. The van der Waals surface area contributed by atoms with E-state index < -0.39 is 18.0 Å². The van der Waals surface area contributed by atoms with Crippen LogP contribution in [0.3, 0.4) is 0 Å². The molecule has 0 bridgehead atoms. The van der Waals surface area contributed by atoms with Crippen LogP contribution in [-0.2, 0) is 14.3 Å². The van der Waals surface area contributed by atoms with Crippen LogP contribution in [0.2, 0.25) is 0 Å². The molecular formula is C26H30N2O5. The SMILES string of the molecule is CC(CNC(=O)C[C@@H]1CCC[C@H]1NC(=O)OCC1c2ccccc2-c2ccccc21)C(=O)O. The van der Waals surface area contributed by atoms with Crippen LogP contribution in [0.15, 0.2) is 48.5 Å². The van der Waals surface area contributed by atoms with E-state index >= 15 is 0 Å². The first-order valence-corrected chi connectivity index (χ1v) is 11.5. The van der Waals surface area contributed by atoms with Gasteiger partial charge in [-0.2, -0.15) is 0 Å². The average molecular weight is 451 g/mol. The summed E-state index contributed by atoms with van der Waals surface area (Å²) in [6.07, 6.45) is 2.37. The van der Waals surface area contributed by atoms with Crippen LogP contribution in [0.1, 0.15) is 49.7 Å². The minimum Gasteiger partial charge on any atom is -0.481 e. The molecule has 2 aromatic carbocycles. The number of carboxylic acids is 1. The Labute approximate surface area is 193 Å². The summed E-state index contributed by atoms with van der Waals surface area (Å²) in [5, 5.41) is 14.6. The van der Waals surface area contributed by atoms with Gasteiger partial charge in [0.2, 0.25) is 5.91 Å². The van der Waals surface area contributed by atoms with Crippen LogP contribution in [-0.4, -0.2) is 42.3 Å². The molecule has 2 aromatic rings. The number of rotatable bonds is 8. The zero-order valence-corrected chi connectivity index (χ0v) is 18.8. The lowest BCUT2D eigenvalue weighted by molar-refractivity contribution is -0.141. The van der Waals surface area contributed by atoms with E-state index in [-0.39, 0.29) is 43.4 Å². The van der Waals surface area contributed by atoms with E-state index in [0.29, 0.717) is 0 Å². The van der Waals surface area contributed by atoms with Crippen molar-refractivity contribution in [3.8, 4) is 11.1 Å². The lowest BCUT2D eigenvalue weighted by Gasteiger charge is -2.21. The number of nitrogens with one attached hydrogen (secondary N) is 2. The standard InChI is InChI=1S/C26H30N2O5/c1-16(25(30)31)14-27-24(29)13-17-7-6-12-23(17)28-26(32)33-15-22-20-10-4-2-8-18(20)19-9-3-5-11-21(19)22/h2-5,8-11,16-17,22-23H,6-7,12-15H2,1H3,(H,27,29)(H,28,32)(H,30,31)/t16?,17-,23+/m0/s1. The van der Waals surface area contributed by atoms with Gasteiger partial charge in [0, 0.05) is 24.9 Å². The molecule has 3 atom stereocenters. The summed E-state index contributed by atoms with van der Waals surface area (Å²) >= 11 is 0. The number of fused-ring (bicyclic) bond motifs is 3. The molecule has 3 N–H and O–H groups in total. The Morgan fingerprint density at radius 3 is 2.30 bits per heavy atom. The van der Waals surface area contributed by atoms with Crippen LogP contribution >= 0.6 is 0 Å². The molecule has 0 saturated heterocycles. The van der Waals surface area contributed by atoms with E-state index in [2.05, 4.69) is 34.9 Å². The molecule has 1 fully saturated rings. The quantitative estimate of drug-likeness (QED) is 0.565. The predicted molar refractivity (Wildman–Crippen MR) is 124 cm³/mol. The monoisotopic (exact) mass is 450 g/mol. The van der Waals surface area contributed by atoms with Gasteiger partial charge in [0.1, 0.15) is 6.61 Å². The van der Waals surface area contributed by atoms with Gasteiger partial charge in [-0.3, -0.25) is 9.59 Å². The smallest absolute Gasteiger partial charge is 0.407 e. The molecule has 4 rings (SSSR count). The van der Waals surface area contributed by atoms with Crippen LogP contribution in [0.4, 0.5) is 4.79 Å². The van der Waals surface area contributed by atoms with Crippen LogP contribution in [0, 0.1) is 11.8 Å². The first-order valence-electron chi connectivity index (χ1n) is 11.5. The number of hydrogen-bond donors (Lipinski definition) is 3. The summed E-state index contributed by atoms with van der Waals surface area (Å²) in [6, 6.07) is 16.3. The van der Waals surface area contributed by atoms with Crippen molar-refractivity contribution in [2.75, 3.05) is 13.2 Å². The highest BCUT2D eigenvalue weighted by atomic mass is 16.5. The lowest BCUT2D eigenvalue weighted by atomic mass is 9.98. The Morgan fingerprint density at radius 2 is 1.67 bits per heavy atom. The van der Waals surface area contributed by atoms with Gasteiger partial charge in [-0.05, 0) is 41.0 Å². The molecule has 7 nitrogen and oxygen atoms in total. The maximum atomic E-state index is 12.6. The molecule has 1 unspecified atom stereocenters. The highest BCUT2D eigenvalue weighted by molar-refractivity contribution is 5.79. The van der Waals surface area contributed by atoms with Crippen molar-refractivity contribution in [2.45, 2.75) is 44.6 Å². The third kappa shape index (κ3) is 5.18. The first kappa shape index (κ1) is 22.8. The normalized spacial score (nSPS) is 19.9. The largest absolute Gasteiger partial charge is 0.481 e. The number of carbonyl (C=O) groups excluding carboxylic acids is 2. The van der Waals surface area contributed by atoms with Gasteiger partial charge in [0.05, 0.1) is 5.92 Å². The lowest BCUT2D eigenvalue weighted by Crippen LogP contribution is -2.40. The molecule has 0 aliphatic heterocycles. The van der Waals surface area contributed by atoms with Crippen molar-refractivity contribution in [2.24, 2.45) is 11.8 Å². The number of carboxylic acid groups (broad SMARTS) is 1. The molecule has 33 heavy (non-hydrogen) atoms. The van der Waals surface area contributed by atoms with Gasteiger partial charge in [-0.25, -0.2) is 4.79 Å². The van der Waals surface area contributed by atoms with Gasteiger partial charge in [-0.1, -0.05) is 61.9 Å². The van der Waals surface area contributed by atoms with Crippen molar-refractivity contribution in [1.82, 2.24) is 10.6 Å². The topological polar surface area (TPSA) is 105 Å². The predicted octanol–water partition coefficient (Wildman–Crippen LogP) is 3.92. The summed E-state index contributed by atoms with van der Waals surface area (Å²) in [4.78, 5) is 35.8. The van der Waals surface area contributed by atoms with E-state index in [4.69, 9.17) is 9.84 Å². The van der Waals surface area contributed by atoms with E-state index in [1.807, 2.05) is 24.3 Å². The second-order valence-electron chi connectivity index (χ2n) is 9.01. The Morgan fingerprint density at radius 1 is 1.03 bits per heavy atom. The highest BCUT2D eigenvalue weighted by Gasteiger charge is 2.32. The van der Waals surface area contributed by atoms with E-state index in [1.165, 1.54) is 11.1 Å². The number of carbonyl (C=O) groups is 3. The fraction of sp³-hybridized carbons (Fsp3) is 0.423. The van der Waals surface area contributed by atoms with Crippen LogP contribution in [0.5, 0.6) is 0 Å². The van der Waals surface area contributed by atoms with Crippen LogP contribution in [0.25, 0.3) is 11.1 Å². The zero-order valence-electron chi connectivity index (χ0n) is 18.8. The van der Waals surface area contributed by atoms with E-state index in [0.717, 1.165) is 30.4 Å². The number of hydrogen-bond acceptors (Lipinski definition) is 4.